The SMILES string of the molecule is CC(=O)c1ccccc1P(c1ccccc1C(C)=O)c1ccccc1C(C)=O. The molecule has 4 heteroatoms. The molecule has 0 radical (unpaired) electrons. The minimum absolute atomic E-state index is 0.0382. The van der Waals surface area contributed by atoms with Crippen LogP contribution in [0.1, 0.15) is 51.8 Å². The van der Waals surface area contributed by atoms with Gasteiger partial charge < -0.3 is 0 Å². The molecule has 3 aromatic carbocycles. The quantitative estimate of drug-likeness (QED) is 0.473. The van der Waals surface area contributed by atoms with Crippen LogP contribution in [-0.2, 0) is 0 Å². The molecule has 140 valence electrons. The third kappa shape index (κ3) is 3.85. The van der Waals surface area contributed by atoms with Gasteiger partial charge in [0.2, 0.25) is 0 Å². The summed E-state index contributed by atoms with van der Waals surface area (Å²) in [5.74, 6) is -0.115. The molecule has 0 saturated carbocycles. The van der Waals surface area contributed by atoms with Gasteiger partial charge in [0.05, 0.1) is 0 Å². The Hall–Kier alpha value is -2.90. The van der Waals surface area contributed by atoms with Crippen LogP contribution in [0.25, 0.3) is 0 Å². The number of carbonyl (C=O) groups excluding carboxylic acids is 3. The smallest absolute Gasteiger partial charge is 0.160 e. The number of carbonyl (C=O) groups is 3. The van der Waals surface area contributed by atoms with Crippen molar-refractivity contribution in [3.8, 4) is 0 Å². The first kappa shape index (κ1) is 19.9. The lowest BCUT2D eigenvalue weighted by atomic mass is 10.1. The van der Waals surface area contributed by atoms with E-state index in [1.54, 1.807) is 39.0 Å². The molecule has 0 amide bonds. The third-order valence-corrected chi connectivity index (χ3v) is 7.19. The van der Waals surface area contributed by atoms with Crippen LogP contribution in [0.15, 0.2) is 72.8 Å². The molecule has 3 nitrogen and oxygen atoms in total. The van der Waals surface area contributed by atoms with Crippen LogP contribution in [-0.4, -0.2) is 17.3 Å². The molecule has 3 rings (SSSR count). The van der Waals surface area contributed by atoms with Crippen LogP contribution in [0.5, 0.6) is 0 Å². The summed E-state index contributed by atoms with van der Waals surface area (Å²) in [5, 5.41) is 2.56. The number of benzene rings is 3. The Morgan fingerprint density at radius 2 is 0.750 bits per heavy atom. The highest BCUT2D eigenvalue weighted by Crippen LogP contribution is 2.37. The monoisotopic (exact) mass is 388 g/mol. The molecule has 0 spiro atoms. The van der Waals surface area contributed by atoms with Gasteiger partial charge in [-0.1, -0.05) is 72.8 Å². The zero-order valence-electron chi connectivity index (χ0n) is 16.1. The number of rotatable bonds is 6. The lowest BCUT2D eigenvalue weighted by Crippen LogP contribution is -2.29. The zero-order valence-corrected chi connectivity index (χ0v) is 17.0. The van der Waals surface area contributed by atoms with Crippen LogP contribution in [0, 0.1) is 0 Å². The topological polar surface area (TPSA) is 51.2 Å². The van der Waals surface area contributed by atoms with Crippen LogP contribution < -0.4 is 15.9 Å². The minimum atomic E-state index is -1.27. The Kier molecular flexibility index (Phi) is 5.96. The fourth-order valence-electron chi connectivity index (χ4n) is 3.29. The second-order valence-corrected chi connectivity index (χ2v) is 8.67. The van der Waals surface area contributed by atoms with E-state index in [4.69, 9.17) is 0 Å². The summed E-state index contributed by atoms with van der Waals surface area (Å²) in [7, 11) is -1.27. The molecule has 0 aliphatic carbocycles. The van der Waals surface area contributed by atoms with Crippen molar-refractivity contribution in [2.75, 3.05) is 0 Å². The fraction of sp³-hybridized carbons (Fsp3) is 0.125. The fourth-order valence-corrected chi connectivity index (χ4v) is 6.19. The summed E-state index contributed by atoms with van der Waals surface area (Å²) >= 11 is 0. The van der Waals surface area contributed by atoms with Gasteiger partial charge in [-0.2, -0.15) is 0 Å². The first-order valence-electron chi connectivity index (χ1n) is 9.02. The lowest BCUT2D eigenvalue weighted by Gasteiger charge is -2.25. The van der Waals surface area contributed by atoms with E-state index in [0.717, 1.165) is 15.9 Å². The molecule has 0 saturated heterocycles. The Morgan fingerprint density at radius 3 is 1.00 bits per heavy atom. The predicted octanol–water partition coefficient (Wildman–Crippen LogP) is 4.05. The van der Waals surface area contributed by atoms with E-state index >= 15 is 0 Å². The molecule has 0 aromatic heterocycles. The summed E-state index contributed by atoms with van der Waals surface area (Å²) in [6.45, 7) is 4.63. The van der Waals surface area contributed by atoms with E-state index in [-0.39, 0.29) is 17.3 Å². The molecule has 0 fully saturated rings. The first-order valence-corrected chi connectivity index (χ1v) is 10.4. The van der Waals surface area contributed by atoms with Crippen molar-refractivity contribution in [1.82, 2.24) is 0 Å². The second kappa shape index (κ2) is 8.41. The van der Waals surface area contributed by atoms with Crippen molar-refractivity contribution in [2.24, 2.45) is 0 Å². The van der Waals surface area contributed by atoms with Gasteiger partial charge in [-0.3, -0.25) is 14.4 Å². The van der Waals surface area contributed by atoms with Gasteiger partial charge in [0.15, 0.2) is 17.3 Å². The van der Waals surface area contributed by atoms with E-state index in [9.17, 15) is 14.4 Å². The average Bonchev–Trinajstić information content (AvgIpc) is 2.69. The molecular formula is C24H21O3P. The van der Waals surface area contributed by atoms with Gasteiger partial charge in [-0.05, 0) is 44.6 Å². The van der Waals surface area contributed by atoms with E-state index in [1.165, 1.54) is 0 Å². The summed E-state index contributed by atoms with van der Waals surface area (Å²) in [5.41, 5.74) is 1.85. The number of Topliss-reactive ketones (excluding diaryl/α,β-unsaturated/α-hetero) is 3. The van der Waals surface area contributed by atoms with Crippen molar-refractivity contribution < 1.29 is 14.4 Å². The molecule has 0 heterocycles. The Bertz CT molecular complexity index is 932. The van der Waals surface area contributed by atoms with Crippen LogP contribution in [0.3, 0.4) is 0 Å². The van der Waals surface area contributed by atoms with E-state index in [0.29, 0.717) is 16.7 Å². The molecule has 3 aromatic rings. The Labute approximate surface area is 166 Å². The molecule has 28 heavy (non-hydrogen) atoms. The maximum atomic E-state index is 12.3. The van der Waals surface area contributed by atoms with Crippen molar-refractivity contribution in [3.63, 3.8) is 0 Å². The number of hydrogen-bond acceptors (Lipinski definition) is 3. The zero-order chi connectivity index (χ0) is 20.3. The molecule has 0 atom stereocenters. The van der Waals surface area contributed by atoms with Gasteiger partial charge in [0, 0.05) is 16.7 Å². The van der Waals surface area contributed by atoms with Crippen molar-refractivity contribution in [1.29, 1.82) is 0 Å². The summed E-state index contributed by atoms with van der Waals surface area (Å²) in [4.78, 5) is 37.0. The molecule has 0 N–H and O–H groups in total. The Balaban J connectivity index is 2.40. The second-order valence-electron chi connectivity index (χ2n) is 6.56. The van der Waals surface area contributed by atoms with Crippen molar-refractivity contribution >= 4 is 41.2 Å². The maximum absolute atomic E-state index is 12.3. The van der Waals surface area contributed by atoms with E-state index in [2.05, 4.69) is 0 Å². The van der Waals surface area contributed by atoms with Crippen LogP contribution in [0.4, 0.5) is 0 Å². The molecule has 0 aliphatic heterocycles. The third-order valence-electron chi connectivity index (χ3n) is 4.57. The van der Waals surface area contributed by atoms with Crippen LogP contribution >= 0.6 is 7.92 Å². The predicted molar refractivity (Wildman–Crippen MR) is 115 cm³/mol. The molecule has 0 aliphatic rings. The Morgan fingerprint density at radius 1 is 0.500 bits per heavy atom. The largest absolute Gasteiger partial charge is 0.294 e. The summed E-state index contributed by atoms with van der Waals surface area (Å²) < 4.78 is 0. The standard InChI is InChI=1S/C24H21O3P/c1-16(25)19-10-4-7-13-22(19)28(23-14-8-5-11-20(23)17(2)26)24-15-9-6-12-21(24)18(3)27/h4-15H,1-3H3. The van der Waals surface area contributed by atoms with Gasteiger partial charge in [-0.15, -0.1) is 0 Å². The highest BCUT2D eigenvalue weighted by atomic mass is 31.1. The summed E-state index contributed by atoms with van der Waals surface area (Å²) in [6, 6.07) is 22.4. The molecular weight excluding hydrogens is 367 g/mol. The van der Waals surface area contributed by atoms with Crippen LogP contribution in [0.2, 0.25) is 0 Å². The van der Waals surface area contributed by atoms with Gasteiger partial charge in [-0.25, -0.2) is 0 Å². The van der Waals surface area contributed by atoms with Gasteiger partial charge >= 0.3 is 0 Å². The van der Waals surface area contributed by atoms with Crippen molar-refractivity contribution in [3.05, 3.63) is 89.5 Å². The maximum Gasteiger partial charge on any atom is 0.160 e. The van der Waals surface area contributed by atoms with Gasteiger partial charge in [0.25, 0.3) is 0 Å². The van der Waals surface area contributed by atoms with E-state index in [1.807, 2.05) is 54.6 Å². The highest BCUT2D eigenvalue weighted by molar-refractivity contribution is 7.80. The normalized spacial score (nSPS) is 10.7. The van der Waals surface area contributed by atoms with Crippen molar-refractivity contribution in [2.45, 2.75) is 20.8 Å². The lowest BCUT2D eigenvalue weighted by molar-refractivity contribution is 0.101. The summed E-state index contributed by atoms with van der Waals surface area (Å²) in [6.07, 6.45) is 0. The molecule has 0 bridgehead atoms. The number of hydrogen-bond donors (Lipinski definition) is 0. The average molecular weight is 388 g/mol. The highest BCUT2D eigenvalue weighted by Gasteiger charge is 2.26. The number of ketones is 3. The minimum Gasteiger partial charge on any atom is -0.294 e. The van der Waals surface area contributed by atoms with Gasteiger partial charge in [0.1, 0.15) is 0 Å². The molecule has 0 unspecified atom stereocenters. The van der Waals surface area contributed by atoms with E-state index < -0.39 is 7.92 Å². The first-order chi connectivity index (χ1) is 13.4.